The quantitative estimate of drug-likeness (QED) is 0.834. The number of hydrogen-bond donors (Lipinski definition) is 2. The van der Waals surface area contributed by atoms with Crippen LogP contribution in [0, 0.1) is 0 Å². The minimum absolute atomic E-state index is 0.0438. The van der Waals surface area contributed by atoms with Crippen molar-refractivity contribution < 1.29 is 14.2 Å². The molecule has 0 aromatic carbocycles. The predicted octanol–water partition coefficient (Wildman–Crippen LogP) is 2.15. The van der Waals surface area contributed by atoms with E-state index in [-0.39, 0.29) is 17.9 Å². The topological polar surface area (TPSA) is 66.7 Å². The van der Waals surface area contributed by atoms with Gasteiger partial charge in [0.05, 0.1) is 11.3 Å². The van der Waals surface area contributed by atoms with Gasteiger partial charge in [0, 0.05) is 18.8 Å². The Hall–Kier alpha value is -1.86. The Bertz CT molecular complexity index is 645. The van der Waals surface area contributed by atoms with Crippen LogP contribution in [0.15, 0.2) is 47.3 Å². The fraction of sp³-hybridized carbons (Fsp3) is 0.375. The first-order valence-corrected chi connectivity index (χ1v) is 8.23. The number of alkyl halides is 1. The van der Waals surface area contributed by atoms with E-state index in [1.54, 1.807) is 18.0 Å². The van der Waals surface area contributed by atoms with Crippen molar-refractivity contribution in [2.24, 2.45) is 4.99 Å². The van der Waals surface area contributed by atoms with E-state index in [2.05, 4.69) is 10.3 Å². The summed E-state index contributed by atoms with van der Waals surface area (Å²) < 4.78 is 17.7. The number of anilines is 1. The number of halogens is 1. The Kier molecular flexibility index (Phi) is 4.97. The molecule has 122 valence electrons. The average molecular weight is 335 g/mol. The van der Waals surface area contributed by atoms with Gasteiger partial charge in [0.1, 0.15) is 36.0 Å². The molecule has 7 heteroatoms. The van der Waals surface area contributed by atoms with E-state index in [4.69, 9.17) is 9.73 Å². The van der Waals surface area contributed by atoms with E-state index < -0.39 is 12.8 Å². The SMILES string of the molecule is CNc1ccc(C2=NC3C=CC(OC[C@@H](O)CF)=CC3S2)cn1. The number of fused-ring (bicyclic) bond motifs is 1. The second-order valence-corrected chi connectivity index (χ2v) is 6.40. The van der Waals surface area contributed by atoms with Gasteiger partial charge in [-0.25, -0.2) is 9.37 Å². The van der Waals surface area contributed by atoms with E-state index in [0.29, 0.717) is 5.76 Å². The van der Waals surface area contributed by atoms with Crippen molar-refractivity contribution in [3.05, 3.63) is 47.9 Å². The van der Waals surface area contributed by atoms with Crippen LogP contribution in [0.3, 0.4) is 0 Å². The van der Waals surface area contributed by atoms with Crippen LogP contribution in [0.4, 0.5) is 10.2 Å². The molecule has 1 aliphatic carbocycles. The number of nitrogens with one attached hydrogen (secondary N) is 1. The summed E-state index contributed by atoms with van der Waals surface area (Å²) in [7, 11) is 1.83. The summed E-state index contributed by atoms with van der Waals surface area (Å²) in [5.41, 5.74) is 0.987. The minimum atomic E-state index is -1.08. The van der Waals surface area contributed by atoms with Crippen molar-refractivity contribution >= 4 is 22.6 Å². The van der Waals surface area contributed by atoms with Crippen molar-refractivity contribution in [2.45, 2.75) is 17.4 Å². The van der Waals surface area contributed by atoms with Gasteiger partial charge in [0.25, 0.3) is 0 Å². The molecule has 3 rings (SSSR count). The molecule has 0 amide bonds. The molecule has 0 saturated heterocycles. The van der Waals surface area contributed by atoms with Crippen LogP contribution in [0.5, 0.6) is 0 Å². The number of aliphatic hydroxyl groups excluding tert-OH is 1. The fourth-order valence-electron chi connectivity index (χ4n) is 2.28. The van der Waals surface area contributed by atoms with Gasteiger partial charge in [-0.2, -0.15) is 0 Å². The lowest BCUT2D eigenvalue weighted by molar-refractivity contribution is 0.0571. The lowest BCUT2D eigenvalue weighted by Gasteiger charge is -2.18. The molecule has 0 fully saturated rings. The highest BCUT2D eigenvalue weighted by atomic mass is 32.2. The molecule has 23 heavy (non-hydrogen) atoms. The zero-order valence-corrected chi connectivity index (χ0v) is 13.5. The first kappa shape index (κ1) is 16.0. The molecule has 2 heterocycles. The monoisotopic (exact) mass is 335 g/mol. The molecule has 2 aliphatic rings. The molecule has 3 atom stereocenters. The van der Waals surface area contributed by atoms with Gasteiger partial charge in [-0.3, -0.25) is 4.99 Å². The Morgan fingerprint density at radius 1 is 1.48 bits per heavy atom. The number of nitrogens with zero attached hydrogens (tertiary/aromatic N) is 2. The van der Waals surface area contributed by atoms with Gasteiger partial charge >= 0.3 is 0 Å². The van der Waals surface area contributed by atoms with E-state index in [9.17, 15) is 9.50 Å². The van der Waals surface area contributed by atoms with Gasteiger partial charge in [-0.15, -0.1) is 0 Å². The van der Waals surface area contributed by atoms with Crippen molar-refractivity contribution in [1.82, 2.24) is 4.98 Å². The highest BCUT2D eigenvalue weighted by Gasteiger charge is 2.30. The smallest absolute Gasteiger partial charge is 0.125 e. The summed E-state index contributed by atoms with van der Waals surface area (Å²) >= 11 is 1.65. The zero-order valence-electron chi connectivity index (χ0n) is 12.6. The lowest BCUT2D eigenvalue weighted by atomic mass is 10.1. The number of ether oxygens (including phenoxy) is 1. The summed E-state index contributed by atoms with van der Waals surface area (Å²) in [6, 6.07) is 3.97. The number of thioether (sulfide) groups is 1. The highest BCUT2D eigenvalue weighted by molar-refractivity contribution is 8.15. The third-order valence-corrected chi connectivity index (χ3v) is 4.78. The third-order valence-electron chi connectivity index (χ3n) is 3.52. The predicted molar refractivity (Wildman–Crippen MR) is 90.6 cm³/mol. The van der Waals surface area contributed by atoms with E-state index in [0.717, 1.165) is 16.4 Å². The fourth-order valence-corrected chi connectivity index (χ4v) is 3.47. The Labute approximate surface area is 138 Å². The van der Waals surface area contributed by atoms with Gasteiger partial charge in [0.15, 0.2) is 0 Å². The van der Waals surface area contributed by atoms with Gasteiger partial charge in [-0.1, -0.05) is 17.8 Å². The Morgan fingerprint density at radius 2 is 2.35 bits per heavy atom. The van der Waals surface area contributed by atoms with Crippen molar-refractivity contribution in [2.75, 3.05) is 25.6 Å². The van der Waals surface area contributed by atoms with Crippen LogP contribution in [0.25, 0.3) is 0 Å². The van der Waals surface area contributed by atoms with Crippen molar-refractivity contribution in [3.63, 3.8) is 0 Å². The standard InChI is InChI=1S/C16H18FN3O2S/c1-18-15-5-2-10(8-19-15)16-20-13-4-3-12(6-14(13)23-16)22-9-11(21)7-17/h2-6,8,11,13-14,21H,7,9H2,1H3,(H,18,19)/t11-,13?,14?/m0/s1. The summed E-state index contributed by atoms with van der Waals surface area (Å²) in [5.74, 6) is 1.46. The second kappa shape index (κ2) is 7.14. The van der Waals surface area contributed by atoms with Crippen molar-refractivity contribution in [3.8, 4) is 0 Å². The number of aliphatic imine (C=N–C) groups is 1. The minimum Gasteiger partial charge on any atom is -0.491 e. The number of pyridine rings is 1. The average Bonchev–Trinajstić information content (AvgIpc) is 3.03. The van der Waals surface area contributed by atoms with E-state index >= 15 is 0 Å². The maximum atomic E-state index is 12.2. The molecular weight excluding hydrogens is 317 g/mol. The van der Waals surface area contributed by atoms with E-state index in [1.807, 2.05) is 37.4 Å². The molecule has 5 nitrogen and oxygen atoms in total. The van der Waals surface area contributed by atoms with Gasteiger partial charge in [-0.05, 0) is 24.3 Å². The van der Waals surface area contributed by atoms with Crippen LogP contribution >= 0.6 is 11.8 Å². The number of aromatic nitrogens is 1. The van der Waals surface area contributed by atoms with Crippen LogP contribution in [0.2, 0.25) is 0 Å². The Balaban J connectivity index is 1.65. The molecule has 1 aromatic rings. The largest absolute Gasteiger partial charge is 0.491 e. The Morgan fingerprint density at radius 3 is 3.04 bits per heavy atom. The van der Waals surface area contributed by atoms with Gasteiger partial charge < -0.3 is 15.2 Å². The third kappa shape index (κ3) is 3.73. The van der Waals surface area contributed by atoms with Gasteiger partial charge in [0.2, 0.25) is 0 Å². The molecule has 0 bridgehead atoms. The maximum Gasteiger partial charge on any atom is 0.125 e. The van der Waals surface area contributed by atoms with E-state index in [1.165, 1.54) is 0 Å². The number of aliphatic hydroxyl groups is 1. The number of rotatable bonds is 6. The first-order chi connectivity index (χ1) is 11.2. The molecule has 1 aromatic heterocycles. The number of hydrogen-bond acceptors (Lipinski definition) is 6. The van der Waals surface area contributed by atoms with Crippen LogP contribution in [0.1, 0.15) is 5.56 Å². The van der Waals surface area contributed by atoms with Crippen LogP contribution in [-0.4, -0.2) is 52.9 Å². The van der Waals surface area contributed by atoms with Crippen LogP contribution in [-0.2, 0) is 4.74 Å². The molecule has 0 spiro atoms. The molecule has 2 N–H and O–H groups in total. The number of allylic oxidation sites excluding steroid dienone is 1. The first-order valence-electron chi connectivity index (χ1n) is 7.35. The zero-order chi connectivity index (χ0) is 16.2. The summed E-state index contributed by atoms with van der Waals surface area (Å²) in [5, 5.41) is 13.3. The van der Waals surface area contributed by atoms with Crippen LogP contribution < -0.4 is 5.32 Å². The maximum absolute atomic E-state index is 12.2. The summed E-state index contributed by atoms with van der Waals surface area (Å²) in [6.07, 6.45) is 6.48. The highest BCUT2D eigenvalue weighted by Crippen LogP contribution is 2.35. The molecule has 0 saturated carbocycles. The normalized spacial score (nSPS) is 23.8. The summed E-state index contributed by atoms with van der Waals surface area (Å²) in [6.45, 7) is -0.849. The molecular formula is C16H18FN3O2S. The molecule has 1 aliphatic heterocycles. The van der Waals surface area contributed by atoms with Crippen molar-refractivity contribution in [1.29, 1.82) is 0 Å². The lowest BCUT2D eigenvalue weighted by Crippen LogP contribution is -2.20. The second-order valence-electron chi connectivity index (χ2n) is 5.24. The molecule has 0 radical (unpaired) electrons. The molecule has 2 unspecified atom stereocenters. The summed E-state index contributed by atoms with van der Waals surface area (Å²) in [4.78, 5) is 9.01.